The lowest BCUT2D eigenvalue weighted by molar-refractivity contribution is -0.154. The van der Waals surface area contributed by atoms with E-state index >= 15 is 0 Å². The van der Waals surface area contributed by atoms with Crippen LogP contribution >= 0.6 is 0 Å². The zero-order valence-corrected chi connectivity index (χ0v) is 15.8. The van der Waals surface area contributed by atoms with Crippen molar-refractivity contribution >= 4 is 23.4 Å². The van der Waals surface area contributed by atoms with Crippen molar-refractivity contribution in [3.8, 4) is 0 Å². The minimum absolute atomic E-state index is 0.135. The molecule has 152 valence electrons. The maximum Gasteiger partial charge on any atom is 0.325 e. The lowest BCUT2D eigenvalue weighted by atomic mass is 9.97. The monoisotopic (exact) mass is 398 g/mol. The zero-order chi connectivity index (χ0) is 21.6. The van der Waals surface area contributed by atoms with Gasteiger partial charge in [0.25, 0.3) is 11.6 Å². The summed E-state index contributed by atoms with van der Waals surface area (Å²) in [5.74, 6) is -3.75. The van der Waals surface area contributed by atoms with Crippen LogP contribution < -0.4 is 11.1 Å². The summed E-state index contributed by atoms with van der Waals surface area (Å²) >= 11 is 0. The topological polar surface area (TPSA) is 147 Å². The summed E-state index contributed by atoms with van der Waals surface area (Å²) in [5, 5.41) is 20.8. The van der Waals surface area contributed by atoms with Crippen LogP contribution in [0.5, 0.6) is 0 Å². The van der Waals surface area contributed by atoms with Gasteiger partial charge in [-0.25, -0.2) is 0 Å². The van der Waals surface area contributed by atoms with Gasteiger partial charge in [-0.3, -0.25) is 24.9 Å². The van der Waals surface area contributed by atoms with Crippen LogP contribution in [0.15, 0.2) is 54.6 Å². The van der Waals surface area contributed by atoms with Crippen LogP contribution in [0.25, 0.3) is 0 Å². The lowest BCUT2D eigenvalue weighted by Gasteiger charge is -2.22. The summed E-state index contributed by atoms with van der Waals surface area (Å²) in [7, 11) is 0. The highest BCUT2D eigenvalue weighted by atomic mass is 16.4. The molecule has 0 aliphatic carbocycles. The normalized spacial score (nSPS) is 13.8. The van der Waals surface area contributed by atoms with Gasteiger partial charge in [0.1, 0.15) is 6.04 Å². The number of carboxylic acids is 1. The molecule has 0 bridgehead atoms. The number of rotatable bonds is 9. The van der Waals surface area contributed by atoms with Gasteiger partial charge in [-0.1, -0.05) is 48.5 Å². The molecule has 8 heteroatoms. The molecule has 5 N–H and O–H groups in total. The van der Waals surface area contributed by atoms with Crippen molar-refractivity contribution < 1.29 is 29.4 Å². The summed E-state index contributed by atoms with van der Waals surface area (Å²) in [5.41, 5.74) is 4.19. The predicted octanol–water partition coefficient (Wildman–Crippen LogP) is 0.656. The molecule has 2 atom stereocenters. The van der Waals surface area contributed by atoms with E-state index in [-0.39, 0.29) is 18.6 Å². The van der Waals surface area contributed by atoms with Crippen molar-refractivity contribution in [3.63, 3.8) is 0 Å². The molecule has 2 aromatic carbocycles. The Balaban J connectivity index is 2.04. The fourth-order valence-corrected chi connectivity index (χ4v) is 2.57. The number of benzene rings is 2. The number of ketones is 2. The Bertz CT molecular complexity index is 924. The summed E-state index contributed by atoms with van der Waals surface area (Å²) in [6.07, 6.45) is -0.138. The maximum absolute atomic E-state index is 12.5. The van der Waals surface area contributed by atoms with Crippen LogP contribution in [-0.4, -0.2) is 45.4 Å². The molecule has 0 unspecified atom stereocenters. The van der Waals surface area contributed by atoms with Crippen LogP contribution in [0.2, 0.25) is 0 Å². The van der Waals surface area contributed by atoms with E-state index in [2.05, 4.69) is 0 Å². The van der Waals surface area contributed by atoms with Crippen molar-refractivity contribution in [2.45, 2.75) is 31.5 Å². The molecule has 0 aromatic heterocycles. The third-order valence-electron chi connectivity index (χ3n) is 4.36. The number of carbonyl (C=O) groups excluding carboxylic acids is 3. The second-order valence-corrected chi connectivity index (χ2v) is 6.62. The van der Waals surface area contributed by atoms with Crippen molar-refractivity contribution in [1.82, 2.24) is 5.32 Å². The predicted molar refractivity (Wildman–Crippen MR) is 104 cm³/mol. The number of carbonyl (C=O) groups is 4. The smallest absolute Gasteiger partial charge is 0.325 e. The molecule has 0 fully saturated rings. The first-order valence-corrected chi connectivity index (χ1v) is 8.90. The number of hydrogen-bond donors (Lipinski definition) is 4. The summed E-state index contributed by atoms with van der Waals surface area (Å²) in [6, 6.07) is 14.1. The van der Waals surface area contributed by atoms with Gasteiger partial charge in [0.15, 0.2) is 11.6 Å². The number of nitrogens with two attached hydrogens (primary N) is 1. The zero-order valence-electron chi connectivity index (χ0n) is 15.8. The number of carboxylic acid groups (broad SMARTS) is 1. The third kappa shape index (κ3) is 5.56. The fourth-order valence-electron chi connectivity index (χ4n) is 2.57. The Morgan fingerprint density at radius 2 is 1.66 bits per heavy atom. The Morgan fingerprint density at radius 1 is 1.03 bits per heavy atom. The second kappa shape index (κ2) is 9.22. The molecular weight excluding hydrogens is 376 g/mol. The molecule has 0 aliphatic rings. The van der Waals surface area contributed by atoms with Crippen LogP contribution in [0.3, 0.4) is 0 Å². The molecule has 29 heavy (non-hydrogen) atoms. The molecule has 0 spiro atoms. The minimum Gasteiger partial charge on any atom is -0.480 e. The van der Waals surface area contributed by atoms with E-state index in [1.807, 2.05) is 5.32 Å². The molecule has 0 heterocycles. The SMILES string of the molecule is C[C@H](NC(=O)[C@](N)(O)C(=O)CCc1cccc(C(=O)c2ccccc2)c1)C(=O)O. The second-order valence-electron chi connectivity index (χ2n) is 6.62. The van der Waals surface area contributed by atoms with Crippen LogP contribution in [0, 0.1) is 0 Å². The Kier molecular flexibility index (Phi) is 6.98. The van der Waals surface area contributed by atoms with Gasteiger partial charge < -0.3 is 15.5 Å². The quantitative estimate of drug-likeness (QED) is 0.275. The Hall–Kier alpha value is -3.36. The van der Waals surface area contributed by atoms with E-state index in [9.17, 15) is 24.3 Å². The van der Waals surface area contributed by atoms with Crippen LogP contribution in [-0.2, 0) is 20.8 Å². The number of hydrogen-bond acceptors (Lipinski definition) is 6. The highest BCUT2D eigenvalue weighted by Crippen LogP contribution is 2.14. The van der Waals surface area contributed by atoms with Crippen LogP contribution in [0.4, 0.5) is 0 Å². The largest absolute Gasteiger partial charge is 0.480 e. The molecule has 0 saturated heterocycles. The van der Waals surface area contributed by atoms with E-state index < -0.39 is 29.4 Å². The first-order chi connectivity index (χ1) is 13.6. The maximum atomic E-state index is 12.5. The molecule has 1 amide bonds. The Labute approximate surface area is 167 Å². The number of Topliss-reactive ketones (excluding diaryl/α,β-unsaturated/α-hetero) is 1. The van der Waals surface area contributed by atoms with E-state index in [0.29, 0.717) is 16.7 Å². The van der Waals surface area contributed by atoms with Gasteiger partial charge in [0.05, 0.1) is 0 Å². The minimum atomic E-state index is -2.85. The molecule has 8 nitrogen and oxygen atoms in total. The van der Waals surface area contributed by atoms with Gasteiger partial charge in [-0.05, 0) is 25.0 Å². The molecule has 0 saturated carbocycles. The average Bonchev–Trinajstić information content (AvgIpc) is 2.71. The van der Waals surface area contributed by atoms with Gasteiger partial charge in [-0.15, -0.1) is 0 Å². The van der Waals surface area contributed by atoms with Gasteiger partial charge >= 0.3 is 5.97 Å². The van der Waals surface area contributed by atoms with Gasteiger partial charge in [-0.2, -0.15) is 0 Å². The number of nitrogens with one attached hydrogen (secondary N) is 1. The fraction of sp³-hybridized carbons (Fsp3) is 0.238. The number of amides is 1. The molecule has 2 aromatic rings. The summed E-state index contributed by atoms with van der Waals surface area (Å²) < 4.78 is 0. The number of aryl methyl sites for hydroxylation is 1. The van der Waals surface area contributed by atoms with E-state index in [1.165, 1.54) is 6.92 Å². The standard InChI is InChI=1S/C21H22N2O6/c1-13(19(26)27)23-20(28)21(22,29)17(24)11-10-14-6-5-9-16(12-14)18(25)15-7-3-2-4-8-15/h2-9,12-13,29H,10-11,22H2,1H3,(H,23,28)(H,26,27)/t13-,21+/m0/s1. The molecule has 0 radical (unpaired) electrons. The highest BCUT2D eigenvalue weighted by Gasteiger charge is 2.40. The van der Waals surface area contributed by atoms with E-state index in [1.54, 1.807) is 54.6 Å². The van der Waals surface area contributed by atoms with E-state index in [0.717, 1.165) is 0 Å². The van der Waals surface area contributed by atoms with Crippen molar-refractivity contribution in [2.24, 2.45) is 5.73 Å². The molecule has 2 rings (SSSR count). The Morgan fingerprint density at radius 3 is 2.28 bits per heavy atom. The number of aliphatic hydroxyl groups is 1. The van der Waals surface area contributed by atoms with Crippen LogP contribution in [0.1, 0.15) is 34.8 Å². The third-order valence-corrected chi connectivity index (χ3v) is 4.36. The highest BCUT2D eigenvalue weighted by molar-refractivity contribution is 6.10. The first-order valence-electron chi connectivity index (χ1n) is 8.90. The van der Waals surface area contributed by atoms with Gasteiger partial charge in [0, 0.05) is 17.5 Å². The molecule has 0 aliphatic heterocycles. The van der Waals surface area contributed by atoms with Crippen molar-refractivity contribution in [2.75, 3.05) is 0 Å². The average molecular weight is 398 g/mol. The first kappa shape index (κ1) is 21.9. The van der Waals surface area contributed by atoms with Gasteiger partial charge in [0.2, 0.25) is 0 Å². The van der Waals surface area contributed by atoms with Crippen molar-refractivity contribution in [3.05, 3.63) is 71.3 Å². The summed E-state index contributed by atoms with van der Waals surface area (Å²) in [4.78, 5) is 47.4. The molecular formula is C21H22N2O6. The number of aliphatic carboxylic acids is 1. The van der Waals surface area contributed by atoms with Crippen molar-refractivity contribution in [1.29, 1.82) is 0 Å². The van der Waals surface area contributed by atoms with E-state index in [4.69, 9.17) is 10.8 Å². The summed E-state index contributed by atoms with van der Waals surface area (Å²) in [6.45, 7) is 1.18. The lowest BCUT2D eigenvalue weighted by Crippen LogP contribution is -2.61.